The summed E-state index contributed by atoms with van der Waals surface area (Å²) in [4.78, 5) is 4.61. The Morgan fingerprint density at radius 2 is 1.95 bits per heavy atom. The Morgan fingerprint density at radius 3 is 2.50 bits per heavy atom. The SMILES string of the molecule is CCNC(=NCC(C)SC)NC(C)c1ccc(Cl)cc1. The monoisotopic (exact) mass is 313 g/mol. The van der Waals surface area contributed by atoms with Gasteiger partial charge in [0.1, 0.15) is 0 Å². The summed E-state index contributed by atoms with van der Waals surface area (Å²) >= 11 is 7.74. The maximum atomic E-state index is 5.91. The molecular formula is C15H24ClN3S. The Kier molecular flexibility index (Phi) is 7.85. The van der Waals surface area contributed by atoms with Gasteiger partial charge in [-0.05, 0) is 37.8 Å². The third-order valence-electron chi connectivity index (χ3n) is 2.98. The molecule has 0 aliphatic heterocycles. The lowest BCUT2D eigenvalue weighted by Gasteiger charge is -2.18. The molecule has 3 nitrogen and oxygen atoms in total. The van der Waals surface area contributed by atoms with Gasteiger partial charge < -0.3 is 10.6 Å². The van der Waals surface area contributed by atoms with E-state index >= 15 is 0 Å². The number of guanidine groups is 1. The van der Waals surface area contributed by atoms with Gasteiger partial charge >= 0.3 is 0 Å². The van der Waals surface area contributed by atoms with Crippen molar-refractivity contribution >= 4 is 29.3 Å². The van der Waals surface area contributed by atoms with Crippen molar-refractivity contribution in [2.24, 2.45) is 4.99 Å². The van der Waals surface area contributed by atoms with Crippen molar-refractivity contribution in [1.82, 2.24) is 10.6 Å². The van der Waals surface area contributed by atoms with E-state index in [0.29, 0.717) is 5.25 Å². The van der Waals surface area contributed by atoms with Crippen molar-refractivity contribution in [3.8, 4) is 0 Å². The number of rotatable bonds is 6. The molecule has 0 aliphatic rings. The summed E-state index contributed by atoms with van der Waals surface area (Å²) in [5.41, 5.74) is 1.19. The van der Waals surface area contributed by atoms with Crippen LogP contribution in [0.25, 0.3) is 0 Å². The smallest absolute Gasteiger partial charge is 0.191 e. The Balaban J connectivity index is 2.66. The van der Waals surface area contributed by atoms with E-state index in [-0.39, 0.29) is 6.04 Å². The van der Waals surface area contributed by atoms with Crippen molar-refractivity contribution in [3.05, 3.63) is 34.9 Å². The van der Waals surface area contributed by atoms with Crippen LogP contribution in [0, 0.1) is 0 Å². The van der Waals surface area contributed by atoms with Gasteiger partial charge in [-0.15, -0.1) is 0 Å². The van der Waals surface area contributed by atoms with Gasteiger partial charge in [-0.25, -0.2) is 0 Å². The van der Waals surface area contributed by atoms with Gasteiger partial charge in [0.2, 0.25) is 0 Å². The molecule has 1 rings (SSSR count). The van der Waals surface area contributed by atoms with Crippen LogP contribution in [-0.2, 0) is 0 Å². The number of nitrogens with one attached hydrogen (secondary N) is 2. The van der Waals surface area contributed by atoms with E-state index in [4.69, 9.17) is 11.6 Å². The average Bonchev–Trinajstić information content (AvgIpc) is 2.45. The van der Waals surface area contributed by atoms with Gasteiger partial charge in [-0.3, -0.25) is 4.99 Å². The summed E-state index contributed by atoms with van der Waals surface area (Å²) in [6, 6.07) is 8.08. The van der Waals surface area contributed by atoms with Crippen LogP contribution in [0.3, 0.4) is 0 Å². The normalized spacial score (nSPS) is 14.8. The number of benzene rings is 1. The molecule has 1 aromatic rings. The summed E-state index contributed by atoms with van der Waals surface area (Å²) in [6.07, 6.45) is 2.11. The zero-order valence-electron chi connectivity index (χ0n) is 12.6. The fourth-order valence-corrected chi connectivity index (χ4v) is 2.00. The number of halogens is 1. The van der Waals surface area contributed by atoms with Crippen LogP contribution < -0.4 is 10.6 Å². The average molecular weight is 314 g/mol. The molecule has 2 N–H and O–H groups in total. The Labute approximate surface area is 131 Å². The summed E-state index contributed by atoms with van der Waals surface area (Å²) in [5.74, 6) is 0.857. The molecule has 0 amide bonds. The second kappa shape index (κ2) is 9.14. The summed E-state index contributed by atoms with van der Waals surface area (Å²) < 4.78 is 0. The lowest BCUT2D eigenvalue weighted by Crippen LogP contribution is -2.39. The van der Waals surface area contributed by atoms with Gasteiger partial charge in [0.15, 0.2) is 5.96 Å². The number of nitrogens with zero attached hydrogens (tertiary/aromatic N) is 1. The molecule has 2 unspecified atom stereocenters. The second-order valence-electron chi connectivity index (χ2n) is 4.68. The Morgan fingerprint density at radius 1 is 1.30 bits per heavy atom. The molecule has 0 aliphatic carbocycles. The lowest BCUT2D eigenvalue weighted by molar-refractivity contribution is 0.686. The van der Waals surface area contributed by atoms with Crippen LogP contribution in [0.4, 0.5) is 0 Å². The van der Waals surface area contributed by atoms with Crippen molar-refractivity contribution in [1.29, 1.82) is 0 Å². The van der Waals surface area contributed by atoms with Gasteiger partial charge in [0.25, 0.3) is 0 Å². The van der Waals surface area contributed by atoms with Crippen molar-refractivity contribution in [2.75, 3.05) is 19.3 Å². The van der Waals surface area contributed by atoms with Crippen molar-refractivity contribution < 1.29 is 0 Å². The fourth-order valence-electron chi connectivity index (χ4n) is 1.65. The van der Waals surface area contributed by atoms with Crippen LogP contribution in [-0.4, -0.2) is 30.6 Å². The summed E-state index contributed by atoms with van der Waals surface area (Å²) in [5, 5.41) is 7.98. The highest BCUT2D eigenvalue weighted by Gasteiger charge is 2.08. The Hall–Kier alpha value is -0.870. The van der Waals surface area contributed by atoms with E-state index in [1.54, 1.807) is 0 Å². The largest absolute Gasteiger partial charge is 0.357 e. The first-order chi connectivity index (χ1) is 9.56. The van der Waals surface area contributed by atoms with E-state index in [9.17, 15) is 0 Å². The number of thioether (sulfide) groups is 1. The molecule has 2 atom stereocenters. The van der Waals surface area contributed by atoms with E-state index in [1.165, 1.54) is 5.56 Å². The minimum atomic E-state index is 0.189. The van der Waals surface area contributed by atoms with E-state index < -0.39 is 0 Å². The molecule has 0 heterocycles. The molecule has 1 aromatic carbocycles. The zero-order chi connectivity index (χ0) is 15.0. The van der Waals surface area contributed by atoms with Gasteiger partial charge in [0.05, 0.1) is 12.6 Å². The number of hydrogen-bond acceptors (Lipinski definition) is 2. The van der Waals surface area contributed by atoms with E-state index in [0.717, 1.165) is 24.1 Å². The van der Waals surface area contributed by atoms with Crippen LogP contribution in [0.5, 0.6) is 0 Å². The van der Waals surface area contributed by atoms with Crippen molar-refractivity contribution in [2.45, 2.75) is 32.1 Å². The fraction of sp³-hybridized carbons (Fsp3) is 0.533. The minimum Gasteiger partial charge on any atom is -0.357 e. The molecule has 0 bridgehead atoms. The third kappa shape index (κ3) is 6.06. The van der Waals surface area contributed by atoms with Crippen LogP contribution in [0.1, 0.15) is 32.4 Å². The molecule has 0 fully saturated rings. The predicted molar refractivity (Wildman–Crippen MR) is 92.0 cm³/mol. The highest BCUT2D eigenvalue weighted by atomic mass is 35.5. The van der Waals surface area contributed by atoms with E-state index in [2.05, 4.69) is 42.7 Å². The predicted octanol–water partition coefficient (Wildman–Crippen LogP) is 3.71. The molecule has 0 radical (unpaired) electrons. The summed E-state index contributed by atoms with van der Waals surface area (Å²) in [6.45, 7) is 8.03. The lowest BCUT2D eigenvalue weighted by atomic mass is 10.1. The minimum absolute atomic E-state index is 0.189. The standard InChI is InChI=1S/C15H24ClN3S/c1-5-17-15(18-10-11(2)20-4)19-12(3)13-6-8-14(16)9-7-13/h6-9,11-12H,5,10H2,1-4H3,(H2,17,18,19). The quantitative estimate of drug-likeness (QED) is 0.621. The second-order valence-corrected chi connectivity index (χ2v) is 6.40. The molecular weight excluding hydrogens is 290 g/mol. The number of hydrogen-bond donors (Lipinski definition) is 2. The molecule has 0 saturated heterocycles. The molecule has 112 valence electrons. The van der Waals surface area contributed by atoms with Crippen LogP contribution >= 0.6 is 23.4 Å². The topological polar surface area (TPSA) is 36.4 Å². The highest BCUT2D eigenvalue weighted by molar-refractivity contribution is 7.99. The third-order valence-corrected chi connectivity index (χ3v) is 4.18. The van der Waals surface area contributed by atoms with Crippen LogP contribution in [0.2, 0.25) is 5.02 Å². The van der Waals surface area contributed by atoms with E-state index in [1.807, 2.05) is 36.0 Å². The first kappa shape index (κ1) is 17.2. The Bertz CT molecular complexity index is 420. The highest BCUT2D eigenvalue weighted by Crippen LogP contribution is 2.15. The molecule has 5 heteroatoms. The first-order valence-electron chi connectivity index (χ1n) is 6.90. The van der Waals surface area contributed by atoms with Gasteiger partial charge in [-0.2, -0.15) is 11.8 Å². The molecule has 20 heavy (non-hydrogen) atoms. The zero-order valence-corrected chi connectivity index (χ0v) is 14.2. The van der Waals surface area contributed by atoms with Crippen molar-refractivity contribution in [3.63, 3.8) is 0 Å². The maximum Gasteiger partial charge on any atom is 0.191 e. The number of aliphatic imine (C=N–C) groups is 1. The first-order valence-corrected chi connectivity index (χ1v) is 8.56. The van der Waals surface area contributed by atoms with Gasteiger partial charge in [-0.1, -0.05) is 30.7 Å². The molecule has 0 spiro atoms. The summed E-state index contributed by atoms with van der Waals surface area (Å²) in [7, 11) is 0. The van der Waals surface area contributed by atoms with Gasteiger partial charge in [0, 0.05) is 16.8 Å². The molecule has 0 saturated carbocycles. The van der Waals surface area contributed by atoms with Crippen LogP contribution in [0.15, 0.2) is 29.3 Å². The molecule has 0 aromatic heterocycles. The maximum absolute atomic E-state index is 5.91.